The van der Waals surface area contributed by atoms with Gasteiger partial charge in [0.2, 0.25) is 0 Å². The van der Waals surface area contributed by atoms with Gasteiger partial charge >= 0.3 is 0 Å². The quantitative estimate of drug-likeness (QED) is 0.779. The fourth-order valence-electron chi connectivity index (χ4n) is 4.22. The Morgan fingerprint density at radius 2 is 1.52 bits per heavy atom. The number of benzene rings is 2. The van der Waals surface area contributed by atoms with Gasteiger partial charge in [-0.05, 0) is 49.9 Å². The number of nitrogens with zero attached hydrogens (tertiary/aromatic N) is 2. The summed E-state index contributed by atoms with van der Waals surface area (Å²) in [6.45, 7) is 6.87. The van der Waals surface area contributed by atoms with Gasteiger partial charge in [-0.3, -0.25) is 14.5 Å². The molecule has 0 bridgehead atoms. The van der Waals surface area contributed by atoms with E-state index in [1.54, 1.807) is 24.3 Å². The number of amides is 2. The van der Waals surface area contributed by atoms with E-state index in [2.05, 4.69) is 37.8 Å². The minimum absolute atomic E-state index is 0.136. The highest BCUT2D eigenvalue weighted by Crippen LogP contribution is 2.43. The Bertz CT molecular complexity index is 837. The van der Waals surface area contributed by atoms with Crippen LogP contribution in [-0.2, 0) is 0 Å². The molecule has 2 aliphatic heterocycles. The normalized spacial score (nSPS) is 21.3. The van der Waals surface area contributed by atoms with E-state index in [0.717, 1.165) is 12.1 Å². The lowest BCUT2D eigenvalue weighted by molar-refractivity contribution is 0.0644. The highest BCUT2D eigenvalue weighted by Gasteiger charge is 2.41. The number of hydrogen-bond acceptors (Lipinski definition) is 3. The van der Waals surface area contributed by atoms with Gasteiger partial charge in [-0.2, -0.15) is 0 Å². The van der Waals surface area contributed by atoms with E-state index < -0.39 is 0 Å². The second kappa shape index (κ2) is 5.45. The topological polar surface area (TPSA) is 40.6 Å². The number of fused-ring (bicyclic) bond motifs is 2. The Morgan fingerprint density at radius 1 is 0.960 bits per heavy atom. The van der Waals surface area contributed by atoms with Crippen LogP contribution >= 0.6 is 0 Å². The molecular formula is C21H22N2O2. The van der Waals surface area contributed by atoms with Crippen molar-refractivity contribution in [3.8, 4) is 0 Å². The highest BCUT2D eigenvalue weighted by molar-refractivity contribution is 6.21. The van der Waals surface area contributed by atoms with Crippen molar-refractivity contribution in [2.45, 2.75) is 38.6 Å². The van der Waals surface area contributed by atoms with Gasteiger partial charge in [0.05, 0.1) is 11.1 Å². The van der Waals surface area contributed by atoms with Crippen LogP contribution in [0.3, 0.4) is 0 Å². The smallest absolute Gasteiger partial charge is 0.263 e. The Hall–Kier alpha value is -2.62. The zero-order chi connectivity index (χ0) is 17.8. The van der Waals surface area contributed by atoms with E-state index in [1.165, 1.54) is 10.5 Å². The lowest BCUT2D eigenvalue weighted by atomic mass is 9.80. The van der Waals surface area contributed by atoms with Crippen LogP contribution in [0.25, 0.3) is 0 Å². The van der Waals surface area contributed by atoms with E-state index >= 15 is 0 Å². The minimum atomic E-state index is -0.201. The van der Waals surface area contributed by atoms with Gasteiger partial charge in [0, 0.05) is 11.2 Å². The molecule has 2 amide bonds. The number of rotatable bonds is 2. The number of para-hydroxylation sites is 1. The lowest BCUT2D eigenvalue weighted by Crippen LogP contribution is -2.54. The van der Waals surface area contributed by atoms with Crippen molar-refractivity contribution < 1.29 is 9.59 Å². The summed E-state index contributed by atoms with van der Waals surface area (Å²) in [5, 5.41) is 0. The molecule has 4 heteroatoms. The van der Waals surface area contributed by atoms with Gasteiger partial charge in [0.25, 0.3) is 11.8 Å². The van der Waals surface area contributed by atoms with Crippen molar-refractivity contribution in [3.63, 3.8) is 0 Å². The molecule has 0 saturated heterocycles. The van der Waals surface area contributed by atoms with E-state index in [1.807, 2.05) is 12.1 Å². The fraction of sp³-hybridized carbons (Fsp3) is 0.333. The molecule has 0 spiro atoms. The van der Waals surface area contributed by atoms with Gasteiger partial charge < -0.3 is 4.90 Å². The maximum atomic E-state index is 12.7. The Labute approximate surface area is 148 Å². The summed E-state index contributed by atoms with van der Waals surface area (Å²) in [5.74, 6) is 0.0460. The van der Waals surface area contributed by atoms with Crippen LogP contribution in [0.1, 0.15) is 59.4 Å². The van der Waals surface area contributed by atoms with Crippen molar-refractivity contribution >= 4 is 17.5 Å². The maximum Gasteiger partial charge on any atom is 0.263 e. The van der Waals surface area contributed by atoms with Gasteiger partial charge in [0.1, 0.15) is 6.67 Å². The van der Waals surface area contributed by atoms with Gasteiger partial charge in [0.15, 0.2) is 0 Å². The summed E-state index contributed by atoms with van der Waals surface area (Å²) in [5.41, 5.74) is 3.26. The van der Waals surface area contributed by atoms with Crippen LogP contribution in [0.15, 0.2) is 48.5 Å². The number of carbonyl (C=O) groups is 2. The van der Waals surface area contributed by atoms with Crippen molar-refractivity contribution in [1.29, 1.82) is 0 Å². The summed E-state index contributed by atoms with van der Waals surface area (Å²) >= 11 is 0. The second-order valence-electron chi connectivity index (χ2n) is 7.63. The first kappa shape index (κ1) is 15.9. The first-order valence-corrected chi connectivity index (χ1v) is 8.72. The Balaban J connectivity index is 1.72. The zero-order valence-electron chi connectivity index (χ0n) is 14.8. The van der Waals surface area contributed by atoms with Crippen LogP contribution in [0.4, 0.5) is 5.69 Å². The van der Waals surface area contributed by atoms with E-state index in [-0.39, 0.29) is 24.0 Å². The minimum Gasteiger partial charge on any atom is -0.348 e. The molecule has 1 atom stereocenters. The molecule has 25 heavy (non-hydrogen) atoms. The van der Waals surface area contributed by atoms with Crippen LogP contribution < -0.4 is 4.90 Å². The van der Waals surface area contributed by atoms with Gasteiger partial charge in [-0.25, -0.2) is 0 Å². The maximum absolute atomic E-state index is 12.7. The SMILES string of the molecule is C[C@@H]1CC(C)(C)N(CN2C(=O)c3ccccc3C2=O)c2ccccc21. The van der Waals surface area contributed by atoms with Crippen LogP contribution in [0.2, 0.25) is 0 Å². The van der Waals surface area contributed by atoms with Gasteiger partial charge in [-0.15, -0.1) is 0 Å². The number of imide groups is 1. The molecule has 0 radical (unpaired) electrons. The van der Waals surface area contributed by atoms with Crippen LogP contribution in [0, 0.1) is 0 Å². The molecule has 0 N–H and O–H groups in total. The second-order valence-corrected chi connectivity index (χ2v) is 7.63. The standard InChI is InChI=1S/C21H22N2O2/c1-14-12-21(2,3)23(18-11-7-6-8-15(14)18)13-22-19(24)16-9-4-5-10-17(16)20(22)25/h4-11,14H,12-13H2,1-3H3/t14-/m1/s1. The zero-order valence-corrected chi connectivity index (χ0v) is 14.8. The van der Waals surface area contributed by atoms with Crippen molar-refractivity contribution in [2.75, 3.05) is 11.6 Å². The van der Waals surface area contributed by atoms with E-state index in [4.69, 9.17) is 0 Å². The Morgan fingerprint density at radius 3 is 2.16 bits per heavy atom. The number of anilines is 1. The summed E-state index contributed by atoms with van der Waals surface area (Å²) in [7, 11) is 0. The molecular weight excluding hydrogens is 312 g/mol. The Kier molecular flexibility index (Phi) is 3.46. The molecule has 2 aromatic carbocycles. The first-order chi connectivity index (χ1) is 11.9. The monoisotopic (exact) mass is 334 g/mol. The van der Waals surface area contributed by atoms with E-state index in [0.29, 0.717) is 17.0 Å². The molecule has 0 fully saturated rings. The highest BCUT2D eigenvalue weighted by atomic mass is 16.2. The average Bonchev–Trinajstić information content (AvgIpc) is 2.83. The molecule has 0 unspecified atom stereocenters. The summed E-state index contributed by atoms with van der Waals surface area (Å²) in [4.78, 5) is 29.1. The third-order valence-corrected chi connectivity index (χ3v) is 5.46. The number of hydrogen-bond donors (Lipinski definition) is 0. The average molecular weight is 334 g/mol. The lowest BCUT2D eigenvalue weighted by Gasteiger charge is -2.48. The molecule has 128 valence electrons. The third kappa shape index (κ3) is 2.36. The van der Waals surface area contributed by atoms with Crippen LogP contribution in [-0.4, -0.2) is 28.9 Å². The third-order valence-electron chi connectivity index (χ3n) is 5.46. The largest absolute Gasteiger partial charge is 0.348 e. The summed E-state index contributed by atoms with van der Waals surface area (Å²) in [6, 6.07) is 15.4. The van der Waals surface area contributed by atoms with Crippen molar-refractivity contribution in [2.24, 2.45) is 0 Å². The van der Waals surface area contributed by atoms with Gasteiger partial charge in [-0.1, -0.05) is 37.3 Å². The number of carbonyl (C=O) groups excluding carboxylic acids is 2. The molecule has 0 aromatic heterocycles. The molecule has 0 saturated carbocycles. The predicted octanol–water partition coefficient (Wildman–Crippen LogP) is 4.03. The molecule has 2 aliphatic rings. The van der Waals surface area contributed by atoms with Crippen LogP contribution in [0.5, 0.6) is 0 Å². The predicted molar refractivity (Wildman–Crippen MR) is 97.8 cm³/mol. The molecule has 2 aromatic rings. The molecule has 4 rings (SSSR count). The molecule has 0 aliphatic carbocycles. The summed E-state index contributed by atoms with van der Waals surface area (Å²) < 4.78 is 0. The first-order valence-electron chi connectivity index (χ1n) is 8.72. The molecule has 2 heterocycles. The van der Waals surface area contributed by atoms with Crippen molar-refractivity contribution in [3.05, 3.63) is 65.2 Å². The van der Waals surface area contributed by atoms with Crippen molar-refractivity contribution in [1.82, 2.24) is 4.90 Å². The molecule has 4 nitrogen and oxygen atoms in total. The summed E-state index contributed by atoms with van der Waals surface area (Å²) in [6.07, 6.45) is 0.979. The fourth-order valence-corrected chi connectivity index (χ4v) is 4.22. The van der Waals surface area contributed by atoms with E-state index in [9.17, 15) is 9.59 Å².